The van der Waals surface area contributed by atoms with Gasteiger partial charge in [-0.05, 0) is 17.6 Å². The lowest BCUT2D eigenvalue weighted by atomic mass is 10.1. The summed E-state index contributed by atoms with van der Waals surface area (Å²) in [6.07, 6.45) is 3.29. The zero-order valence-corrected chi connectivity index (χ0v) is 9.27. The SMILES string of the molecule is CC(C)CN1CCC=C(c2nn[nH]n2)C1. The lowest BCUT2D eigenvalue weighted by Gasteiger charge is -2.27. The van der Waals surface area contributed by atoms with Gasteiger partial charge in [0.25, 0.3) is 0 Å². The van der Waals surface area contributed by atoms with Crippen LogP contribution in [-0.2, 0) is 0 Å². The number of nitrogens with zero attached hydrogens (tertiary/aromatic N) is 4. The van der Waals surface area contributed by atoms with Gasteiger partial charge < -0.3 is 0 Å². The summed E-state index contributed by atoms with van der Waals surface area (Å²) in [6.45, 7) is 7.70. The van der Waals surface area contributed by atoms with E-state index in [-0.39, 0.29) is 0 Å². The van der Waals surface area contributed by atoms with E-state index in [1.54, 1.807) is 0 Å². The predicted octanol–water partition coefficient (Wildman–Crippen LogP) is 0.945. The van der Waals surface area contributed by atoms with Crippen molar-refractivity contribution in [3.8, 4) is 0 Å². The average Bonchev–Trinajstić information content (AvgIpc) is 2.69. The molecular weight excluding hydrogens is 190 g/mol. The van der Waals surface area contributed by atoms with Crippen LogP contribution < -0.4 is 0 Å². The zero-order valence-electron chi connectivity index (χ0n) is 9.27. The zero-order chi connectivity index (χ0) is 10.7. The van der Waals surface area contributed by atoms with Crippen molar-refractivity contribution < 1.29 is 0 Å². The van der Waals surface area contributed by atoms with Crippen molar-refractivity contribution in [1.29, 1.82) is 0 Å². The fraction of sp³-hybridized carbons (Fsp3) is 0.700. The first-order chi connectivity index (χ1) is 7.25. The second-order valence-corrected chi connectivity index (χ2v) is 4.38. The molecule has 5 nitrogen and oxygen atoms in total. The molecule has 0 fully saturated rings. The highest BCUT2D eigenvalue weighted by Crippen LogP contribution is 2.17. The summed E-state index contributed by atoms with van der Waals surface area (Å²) in [6, 6.07) is 0. The summed E-state index contributed by atoms with van der Waals surface area (Å²) in [5.41, 5.74) is 1.19. The van der Waals surface area contributed by atoms with Gasteiger partial charge in [-0.2, -0.15) is 5.21 Å². The Morgan fingerprint density at radius 2 is 2.40 bits per heavy atom. The molecule has 0 spiro atoms. The minimum Gasteiger partial charge on any atom is -0.298 e. The molecule has 1 aliphatic rings. The van der Waals surface area contributed by atoms with Crippen LogP contribution in [0.1, 0.15) is 26.1 Å². The van der Waals surface area contributed by atoms with Gasteiger partial charge in [-0.25, -0.2) is 0 Å². The van der Waals surface area contributed by atoms with Crippen molar-refractivity contribution >= 4 is 5.57 Å². The Balaban J connectivity index is 2.00. The Kier molecular flexibility index (Phi) is 3.11. The first-order valence-corrected chi connectivity index (χ1v) is 5.41. The third-order valence-corrected chi connectivity index (χ3v) is 2.49. The number of tetrazole rings is 1. The largest absolute Gasteiger partial charge is 0.298 e. The molecule has 1 aliphatic heterocycles. The molecule has 0 saturated heterocycles. The molecule has 82 valence electrons. The number of H-pyrrole nitrogens is 1. The Labute approximate surface area is 89.6 Å². The highest BCUT2D eigenvalue weighted by molar-refractivity contribution is 5.61. The molecule has 0 bridgehead atoms. The number of nitrogens with one attached hydrogen (secondary N) is 1. The van der Waals surface area contributed by atoms with Crippen molar-refractivity contribution in [1.82, 2.24) is 25.5 Å². The number of hydrogen-bond acceptors (Lipinski definition) is 4. The minimum absolute atomic E-state index is 0.703. The molecule has 0 aromatic carbocycles. The van der Waals surface area contributed by atoms with Gasteiger partial charge in [0.2, 0.25) is 5.82 Å². The molecule has 1 N–H and O–H groups in total. The van der Waals surface area contributed by atoms with E-state index in [0.717, 1.165) is 31.9 Å². The standard InChI is InChI=1S/C10H17N5/c1-8(2)6-15-5-3-4-9(7-15)10-11-13-14-12-10/h4,8H,3,5-7H2,1-2H3,(H,11,12,13,14). The first kappa shape index (κ1) is 10.3. The van der Waals surface area contributed by atoms with E-state index in [1.807, 2.05) is 0 Å². The summed E-state index contributed by atoms with van der Waals surface area (Å²) < 4.78 is 0. The van der Waals surface area contributed by atoms with Crippen molar-refractivity contribution in [2.24, 2.45) is 5.92 Å². The third-order valence-electron chi connectivity index (χ3n) is 2.49. The average molecular weight is 207 g/mol. The monoisotopic (exact) mass is 207 g/mol. The van der Waals surface area contributed by atoms with Crippen molar-refractivity contribution in [3.05, 3.63) is 11.9 Å². The Morgan fingerprint density at radius 3 is 3.07 bits per heavy atom. The Hall–Kier alpha value is -1.23. The molecule has 0 saturated carbocycles. The van der Waals surface area contributed by atoms with E-state index in [4.69, 9.17) is 0 Å². The molecule has 0 atom stereocenters. The van der Waals surface area contributed by atoms with Crippen LogP contribution in [-0.4, -0.2) is 45.2 Å². The molecule has 2 heterocycles. The summed E-state index contributed by atoms with van der Waals surface area (Å²) in [5, 5.41) is 14.1. The van der Waals surface area contributed by atoms with Crippen molar-refractivity contribution in [2.45, 2.75) is 20.3 Å². The van der Waals surface area contributed by atoms with Crippen LogP contribution in [0.25, 0.3) is 5.57 Å². The van der Waals surface area contributed by atoms with Crippen LogP contribution in [0, 0.1) is 5.92 Å². The third kappa shape index (κ3) is 2.62. The molecule has 2 rings (SSSR count). The van der Waals surface area contributed by atoms with Crippen LogP contribution in [0.15, 0.2) is 6.08 Å². The molecular formula is C10H17N5. The van der Waals surface area contributed by atoms with Crippen LogP contribution in [0.5, 0.6) is 0 Å². The quantitative estimate of drug-likeness (QED) is 0.801. The van der Waals surface area contributed by atoms with Gasteiger partial charge in [0.05, 0.1) is 0 Å². The number of aromatic amines is 1. The maximum atomic E-state index is 4.01. The molecule has 1 aromatic heterocycles. The number of hydrogen-bond donors (Lipinski definition) is 1. The van der Waals surface area contributed by atoms with Gasteiger partial charge in [-0.15, -0.1) is 10.2 Å². The number of rotatable bonds is 3. The highest BCUT2D eigenvalue weighted by Gasteiger charge is 2.16. The van der Waals surface area contributed by atoms with E-state index in [2.05, 4.69) is 45.4 Å². The fourth-order valence-electron chi connectivity index (χ4n) is 1.94. The number of aromatic nitrogens is 4. The highest BCUT2D eigenvalue weighted by atomic mass is 15.5. The lowest BCUT2D eigenvalue weighted by molar-refractivity contribution is 0.270. The topological polar surface area (TPSA) is 57.7 Å². The molecule has 0 radical (unpaired) electrons. The van der Waals surface area contributed by atoms with Crippen LogP contribution >= 0.6 is 0 Å². The predicted molar refractivity (Wildman–Crippen MR) is 58.0 cm³/mol. The van der Waals surface area contributed by atoms with Gasteiger partial charge in [0.15, 0.2) is 0 Å². The molecule has 0 aliphatic carbocycles. The van der Waals surface area contributed by atoms with E-state index in [1.165, 1.54) is 5.57 Å². The lowest BCUT2D eigenvalue weighted by Crippen LogP contribution is -2.32. The second-order valence-electron chi connectivity index (χ2n) is 4.38. The summed E-state index contributed by atoms with van der Waals surface area (Å²) >= 11 is 0. The van der Waals surface area contributed by atoms with E-state index >= 15 is 0 Å². The molecule has 0 amide bonds. The van der Waals surface area contributed by atoms with Crippen molar-refractivity contribution in [2.75, 3.05) is 19.6 Å². The normalized spacial score (nSPS) is 18.2. The van der Waals surface area contributed by atoms with Gasteiger partial charge >= 0.3 is 0 Å². The van der Waals surface area contributed by atoms with E-state index < -0.39 is 0 Å². The summed E-state index contributed by atoms with van der Waals surface area (Å²) in [5.74, 6) is 1.44. The molecule has 1 aromatic rings. The fourth-order valence-corrected chi connectivity index (χ4v) is 1.94. The first-order valence-electron chi connectivity index (χ1n) is 5.41. The van der Waals surface area contributed by atoms with E-state index in [9.17, 15) is 0 Å². The van der Waals surface area contributed by atoms with Crippen LogP contribution in [0.3, 0.4) is 0 Å². The maximum absolute atomic E-state index is 4.01. The Morgan fingerprint density at radius 1 is 1.53 bits per heavy atom. The van der Waals surface area contributed by atoms with Gasteiger partial charge in [-0.3, -0.25) is 4.90 Å². The van der Waals surface area contributed by atoms with Gasteiger partial charge in [-0.1, -0.05) is 19.9 Å². The van der Waals surface area contributed by atoms with E-state index in [0.29, 0.717) is 5.92 Å². The van der Waals surface area contributed by atoms with Gasteiger partial charge in [0, 0.05) is 25.2 Å². The summed E-state index contributed by atoms with van der Waals surface area (Å²) in [4.78, 5) is 2.44. The van der Waals surface area contributed by atoms with Crippen molar-refractivity contribution in [3.63, 3.8) is 0 Å². The molecule has 15 heavy (non-hydrogen) atoms. The van der Waals surface area contributed by atoms with Gasteiger partial charge in [0.1, 0.15) is 0 Å². The summed E-state index contributed by atoms with van der Waals surface area (Å²) in [7, 11) is 0. The second kappa shape index (κ2) is 4.53. The Bertz CT molecular complexity index is 328. The molecule has 5 heteroatoms. The van der Waals surface area contributed by atoms with Crippen LogP contribution in [0.2, 0.25) is 0 Å². The van der Waals surface area contributed by atoms with Crippen LogP contribution in [0.4, 0.5) is 0 Å². The maximum Gasteiger partial charge on any atom is 0.201 e. The molecule has 0 unspecified atom stereocenters. The smallest absolute Gasteiger partial charge is 0.201 e. The minimum atomic E-state index is 0.703.